The molecule has 0 amide bonds. The Morgan fingerprint density at radius 3 is 2.22 bits per heavy atom. The molecule has 0 N–H and O–H groups in total. The number of carbonyl (C=O) groups excluding carboxylic acids is 2. The van der Waals surface area contributed by atoms with Gasteiger partial charge in [-0.3, -0.25) is 9.59 Å². The summed E-state index contributed by atoms with van der Waals surface area (Å²) in [5.41, 5.74) is 0. The molecule has 23 heavy (non-hydrogen) atoms. The molecule has 1 aliphatic carbocycles. The quantitative estimate of drug-likeness (QED) is 0.426. The Hall–Kier alpha value is -0.610. The second-order valence-corrected chi connectivity index (χ2v) is 6.60. The first-order valence-corrected chi connectivity index (χ1v) is 9.48. The van der Waals surface area contributed by atoms with Crippen molar-refractivity contribution in [3.63, 3.8) is 0 Å². The van der Waals surface area contributed by atoms with Crippen LogP contribution in [-0.2, 0) is 19.1 Å². The Labute approximate surface area is 145 Å². The van der Waals surface area contributed by atoms with Crippen molar-refractivity contribution >= 4 is 23.4 Å². The standard InChI is InChI=1S/C18H31ClO4/c1-3-23-18(21)15-12-10-8-6-4-5-7-9-11-14(17(15)20)16(13-19)22-2/h14-16H,3-13H2,1-2H3/t14-,15?,16+/m0/s1. The fraction of sp³-hybridized carbons (Fsp3) is 0.889. The molecule has 0 radical (unpaired) electrons. The van der Waals surface area contributed by atoms with Crippen LogP contribution in [0.25, 0.3) is 0 Å². The van der Waals surface area contributed by atoms with Gasteiger partial charge in [0.25, 0.3) is 0 Å². The number of rotatable bonds is 5. The molecule has 1 fully saturated rings. The molecular formula is C18H31ClO4. The van der Waals surface area contributed by atoms with E-state index in [-0.39, 0.29) is 29.7 Å². The minimum atomic E-state index is -0.666. The van der Waals surface area contributed by atoms with Gasteiger partial charge in [0.05, 0.1) is 12.7 Å². The minimum Gasteiger partial charge on any atom is -0.465 e. The van der Waals surface area contributed by atoms with Gasteiger partial charge in [0.2, 0.25) is 0 Å². The average Bonchev–Trinajstić information content (AvgIpc) is 2.54. The molecule has 1 aliphatic rings. The first-order valence-electron chi connectivity index (χ1n) is 8.94. The van der Waals surface area contributed by atoms with Gasteiger partial charge in [-0.15, -0.1) is 11.6 Å². The van der Waals surface area contributed by atoms with E-state index in [0.29, 0.717) is 13.0 Å². The molecule has 0 aromatic heterocycles. The summed E-state index contributed by atoms with van der Waals surface area (Å²) in [7, 11) is 1.58. The third kappa shape index (κ3) is 6.80. The van der Waals surface area contributed by atoms with Gasteiger partial charge in [-0.2, -0.15) is 0 Å². The van der Waals surface area contributed by atoms with Crippen molar-refractivity contribution in [2.75, 3.05) is 19.6 Å². The molecule has 1 unspecified atom stereocenters. The lowest BCUT2D eigenvalue weighted by Crippen LogP contribution is -2.39. The van der Waals surface area contributed by atoms with Gasteiger partial charge in [-0.1, -0.05) is 44.9 Å². The van der Waals surface area contributed by atoms with Gasteiger partial charge in [-0.05, 0) is 19.8 Å². The highest BCUT2D eigenvalue weighted by atomic mass is 35.5. The molecule has 0 aliphatic heterocycles. The molecule has 4 nitrogen and oxygen atoms in total. The van der Waals surface area contributed by atoms with Crippen LogP contribution in [0.5, 0.6) is 0 Å². The Kier molecular flexibility index (Phi) is 10.5. The number of carbonyl (C=O) groups is 2. The van der Waals surface area contributed by atoms with Gasteiger partial charge >= 0.3 is 5.97 Å². The summed E-state index contributed by atoms with van der Waals surface area (Å²) in [4.78, 5) is 25.3. The Bertz CT molecular complexity index is 355. The van der Waals surface area contributed by atoms with E-state index in [1.165, 1.54) is 19.3 Å². The van der Waals surface area contributed by atoms with E-state index in [1.54, 1.807) is 14.0 Å². The van der Waals surface area contributed by atoms with Gasteiger partial charge in [0, 0.05) is 18.9 Å². The van der Waals surface area contributed by atoms with E-state index in [4.69, 9.17) is 21.1 Å². The largest absolute Gasteiger partial charge is 0.465 e. The van der Waals surface area contributed by atoms with Crippen molar-refractivity contribution in [1.29, 1.82) is 0 Å². The molecule has 0 spiro atoms. The number of alkyl halides is 1. The normalized spacial score (nSPS) is 26.0. The second kappa shape index (κ2) is 11.9. The smallest absolute Gasteiger partial charge is 0.316 e. The summed E-state index contributed by atoms with van der Waals surface area (Å²) in [5, 5.41) is 0. The Morgan fingerprint density at radius 2 is 1.70 bits per heavy atom. The highest BCUT2D eigenvalue weighted by Gasteiger charge is 2.36. The lowest BCUT2D eigenvalue weighted by Gasteiger charge is -2.27. The molecule has 1 rings (SSSR count). The fourth-order valence-corrected chi connectivity index (χ4v) is 3.66. The summed E-state index contributed by atoms with van der Waals surface area (Å²) in [6, 6.07) is 0. The predicted octanol–water partition coefficient (Wildman–Crippen LogP) is 4.13. The zero-order valence-electron chi connectivity index (χ0n) is 14.5. The Morgan fingerprint density at radius 1 is 1.13 bits per heavy atom. The molecule has 1 saturated carbocycles. The number of hydrogen-bond donors (Lipinski definition) is 0. The summed E-state index contributed by atoms with van der Waals surface area (Å²) in [5.74, 6) is -1.14. The number of Topliss-reactive ketones (excluding diaryl/α,β-unsaturated/α-hetero) is 1. The van der Waals surface area contributed by atoms with Crippen molar-refractivity contribution in [2.45, 2.75) is 70.8 Å². The third-order valence-electron chi connectivity index (χ3n) is 4.69. The van der Waals surface area contributed by atoms with Crippen LogP contribution in [0.4, 0.5) is 0 Å². The van der Waals surface area contributed by atoms with Crippen molar-refractivity contribution in [1.82, 2.24) is 0 Å². The number of halogens is 1. The molecule has 0 aromatic carbocycles. The van der Waals surface area contributed by atoms with Gasteiger partial charge in [0.1, 0.15) is 5.92 Å². The summed E-state index contributed by atoms with van der Waals surface area (Å²) >= 11 is 5.99. The van der Waals surface area contributed by atoms with Gasteiger partial charge in [0.15, 0.2) is 5.78 Å². The molecule has 3 atom stereocenters. The highest BCUT2D eigenvalue weighted by molar-refractivity contribution is 6.18. The monoisotopic (exact) mass is 346 g/mol. The maximum Gasteiger partial charge on any atom is 0.316 e. The number of methoxy groups -OCH3 is 1. The minimum absolute atomic E-state index is 0.0449. The maximum absolute atomic E-state index is 13.0. The zero-order chi connectivity index (χ0) is 17.1. The van der Waals surface area contributed by atoms with Crippen molar-refractivity contribution in [2.24, 2.45) is 11.8 Å². The van der Waals surface area contributed by atoms with Crippen molar-refractivity contribution in [3.8, 4) is 0 Å². The van der Waals surface area contributed by atoms with Crippen LogP contribution in [0.3, 0.4) is 0 Å². The Balaban J connectivity index is 2.92. The molecule has 0 heterocycles. The van der Waals surface area contributed by atoms with Crippen LogP contribution in [0, 0.1) is 11.8 Å². The van der Waals surface area contributed by atoms with Crippen molar-refractivity contribution < 1.29 is 19.1 Å². The van der Waals surface area contributed by atoms with Crippen LogP contribution in [0.1, 0.15) is 64.7 Å². The molecule has 0 bridgehead atoms. The average molecular weight is 347 g/mol. The fourth-order valence-electron chi connectivity index (χ4n) is 3.32. The van der Waals surface area contributed by atoms with E-state index in [2.05, 4.69) is 0 Å². The van der Waals surface area contributed by atoms with E-state index < -0.39 is 5.92 Å². The lowest BCUT2D eigenvalue weighted by molar-refractivity contribution is -0.154. The SMILES string of the molecule is CCOC(=O)C1CCCCCCCCC[C@@H]([C@@H](CCl)OC)C1=O. The topological polar surface area (TPSA) is 52.6 Å². The first-order chi connectivity index (χ1) is 11.2. The van der Waals surface area contributed by atoms with E-state index in [0.717, 1.165) is 32.1 Å². The number of ketones is 1. The molecule has 0 saturated heterocycles. The number of ether oxygens (including phenoxy) is 2. The predicted molar refractivity (Wildman–Crippen MR) is 91.7 cm³/mol. The van der Waals surface area contributed by atoms with E-state index >= 15 is 0 Å². The van der Waals surface area contributed by atoms with E-state index in [1.807, 2.05) is 0 Å². The van der Waals surface area contributed by atoms with Crippen LogP contribution in [0.2, 0.25) is 0 Å². The van der Waals surface area contributed by atoms with Crippen molar-refractivity contribution in [3.05, 3.63) is 0 Å². The van der Waals surface area contributed by atoms with Gasteiger partial charge in [-0.25, -0.2) is 0 Å². The highest BCUT2D eigenvalue weighted by Crippen LogP contribution is 2.27. The first kappa shape index (κ1) is 20.4. The number of hydrogen-bond acceptors (Lipinski definition) is 4. The van der Waals surface area contributed by atoms with Gasteiger partial charge < -0.3 is 9.47 Å². The summed E-state index contributed by atoms with van der Waals surface area (Å²) in [6.45, 7) is 2.07. The third-order valence-corrected chi connectivity index (χ3v) is 5.00. The number of esters is 1. The maximum atomic E-state index is 13.0. The second-order valence-electron chi connectivity index (χ2n) is 6.29. The zero-order valence-corrected chi connectivity index (χ0v) is 15.3. The van der Waals surface area contributed by atoms with Crippen LogP contribution < -0.4 is 0 Å². The van der Waals surface area contributed by atoms with E-state index in [9.17, 15) is 9.59 Å². The lowest BCUT2D eigenvalue weighted by atomic mass is 9.82. The summed E-state index contributed by atoms with van der Waals surface area (Å²) < 4.78 is 10.6. The molecule has 5 heteroatoms. The molecule has 134 valence electrons. The van der Waals surface area contributed by atoms with Crippen LogP contribution >= 0.6 is 11.6 Å². The summed E-state index contributed by atoms with van der Waals surface area (Å²) in [6.07, 6.45) is 8.64. The molecule has 0 aromatic rings. The van der Waals surface area contributed by atoms with Crippen LogP contribution in [-0.4, -0.2) is 37.5 Å². The van der Waals surface area contributed by atoms with Crippen LogP contribution in [0.15, 0.2) is 0 Å². The molecular weight excluding hydrogens is 316 g/mol.